The van der Waals surface area contributed by atoms with Gasteiger partial charge in [0, 0.05) is 29.0 Å². The first-order chi connectivity index (χ1) is 12.1. The number of nitrogens with zero attached hydrogens (tertiary/aromatic N) is 2. The van der Waals surface area contributed by atoms with Gasteiger partial charge in [0.2, 0.25) is 0 Å². The Labute approximate surface area is 153 Å². The minimum absolute atomic E-state index is 0.0335. The molecule has 1 aliphatic rings. The van der Waals surface area contributed by atoms with Crippen LogP contribution in [0.15, 0.2) is 29.6 Å². The Morgan fingerprint density at radius 2 is 2.12 bits per heavy atom. The number of benzene rings is 1. The highest BCUT2D eigenvalue weighted by atomic mass is 32.2. The summed E-state index contributed by atoms with van der Waals surface area (Å²) in [7, 11) is 1.61. The molecule has 0 saturated carbocycles. The van der Waals surface area contributed by atoms with Crippen molar-refractivity contribution in [2.24, 2.45) is 0 Å². The molecule has 25 heavy (non-hydrogen) atoms. The topological polar surface area (TPSA) is 79.7 Å². The van der Waals surface area contributed by atoms with Crippen molar-refractivity contribution < 1.29 is 19.4 Å². The first-order valence-corrected chi connectivity index (χ1v) is 9.82. The Morgan fingerprint density at radius 1 is 1.36 bits per heavy atom. The molecule has 1 aromatic heterocycles. The highest BCUT2D eigenvalue weighted by Crippen LogP contribution is 2.27. The van der Waals surface area contributed by atoms with Crippen LogP contribution in [-0.2, 0) is 4.79 Å². The monoisotopic (exact) mass is 378 g/mol. The van der Waals surface area contributed by atoms with Crippen LogP contribution in [0.4, 0.5) is 0 Å². The van der Waals surface area contributed by atoms with E-state index in [0.29, 0.717) is 18.0 Å². The number of carboxylic acid groups (broad SMARTS) is 1. The number of ether oxygens (including phenoxy) is 1. The summed E-state index contributed by atoms with van der Waals surface area (Å²) < 4.78 is 5.14. The average molecular weight is 378 g/mol. The fourth-order valence-electron chi connectivity index (χ4n) is 2.68. The van der Waals surface area contributed by atoms with Gasteiger partial charge in [-0.3, -0.25) is 9.59 Å². The molecule has 0 unspecified atom stereocenters. The van der Waals surface area contributed by atoms with Crippen molar-refractivity contribution in [3.63, 3.8) is 0 Å². The Morgan fingerprint density at radius 3 is 2.80 bits per heavy atom. The smallest absolute Gasteiger partial charge is 0.305 e. The third-order valence-electron chi connectivity index (χ3n) is 3.96. The van der Waals surface area contributed by atoms with Crippen molar-refractivity contribution in [1.82, 2.24) is 9.88 Å². The number of hydrogen-bond acceptors (Lipinski definition) is 6. The lowest BCUT2D eigenvalue weighted by Crippen LogP contribution is -2.47. The quantitative estimate of drug-likeness (QED) is 0.862. The summed E-state index contributed by atoms with van der Waals surface area (Å²) in [5.74, 6) is 1.15. The second kappa shape index (κ2) is 7.88. The fourth-order valence-corrected chi connectivity index (χ4v) is 4.54. The maximum Gasteiger partial charge on any atom is 0.305 e. The summed E-state index contributed by atoms with van der Waals surface area (Å²) in [5, 5.41) is 11.6. The molecule has 2 aromatic rings. The largest absolute Gasteiger partial charge is 0.497 e. The third kappa shape index (κ3) is 4.13. The van der Waals surface area contributed by atoms with Crippen LogP contribution in [0.5, 0.6) is 5.75 Å². The second-order valence-electron chi connectivity index (χ2n) is 5.59. The fraction of sp³-hybridized carbons (Fsp3) is 0.353. The van der Waals surface area contributed by atoms with Crippen LogP contribution < -0.4 is 4.74 Å². The number of hydrogen-bond donors (Lipinski definition) is 1. The maximum absolute atomic E-state index is 12.8. The molecular weight excluding hydrogens is 360 g/mol. The van der Waals surface area contributed by atoms with E-state index in [0.717, 1.165) is 22.1 Å². The van der Waals surface area contributed by atoms with Crippen LogP contribution in [0.2, 0.25) is 0 Å². The standard InChI is InChI=1S/C17H18N2O4S2/c1-23-13-4-2-11(3-5-13)16-18-14(10-25-16)17(22)19-6-7-24-9-12(19)8-15(20)21/h2-5,10,12H,6-9H2,1H3,(H,20,21)/t12-/m0/s1. The van der Waals surface area contributed by atoms with Gasteiger partial charge in [-0.15, -0.1) is 11.3 Å². The van der Waals surface area contributed by atoms with Gasteiger partial charge in [-0.1, -0.05) is 0 Å². The van der Waals surface area contributed by atoms with E-state index >= 15 is 0 Å². The summed E-state index contributed by atoms with van der Waals surface area (Å²) in [6.45, 7) is 0.552. The molecule has 8 heteroatoms. The molecule has 6 nitrogen and oxygen atoms in total. The first kappa shape index (κ1) is 17.8. The van der Waals surface area contributed by atoms with E-state index in [2.05, 4.69) is 4.98 Å². The lowest BCUT2D eigenvalue weighted by molar-refractivity contribution is -0.138. The number of thioether (sulfide) groups is 1. The van der Waals surface area contributed by atoms with Gasteiger partial charge in [-0.05, 0) is 24.3 Å². The Balaban J connectivity index is 1.77. The van der Waals surface area contributed by atoms with Gasteiger partial charge < -0.3 is 14.7 Å². The lowest BCUT2D eigenvalue weighted by Gasteiger charge is -2.34. The average Bonchev–Trinajstić information content (AvgIpc) is 3.11. The van der Waals surface area contributed by atoms with Gasteiger partial charge in [0.1, 0.15) is 16.5 Å². The van der Waals surface area contributed by atoms with Crippen molar-refractivity contribution in [3.05, 3.63) is 35.3 Å². The van der Waals surface area contributed by atoms with E-state index in [9.17, 15) is 9.59 Å². The van der Waals surface area contributed by atoms with Gasteiger partial charge in [0.25, 0.3) is 5.91 Å². The molecule has 0 spiro atoms. The lowest BCUT2D eigenvalue weighted by atomic mass is 10.2. The number of methoxy groups -OCH3 is 1. The molecule has 1 aliphatic heterocycles. The molecule has 0 aliphatic carbocycles. The molecular formula is C17H18N2O4S2. The van der Waals surface area contributed by atoms with E-state index in [-0.39, 0.29) is 18.4 Å². The van der Waals surface area contributed by atoms with Gasteiger partial charge in [0.15, 0.2) is 0 Å². The zero-order valence-electron chi connectivity index (χ0n) is 13.7. The Hall–Kier alpha value is -2.06. The summed E-state index contributed by atoms with van der Waals surface area (Å²) in [4.78, 5) is 29.9. The van der Waals surface area contributed by atoms with E-state index in [1.165, 1.54) is 11.3 Å². The van der Waals surface area contributed by atoms with Gasteiger partial charge in [-0.2, -0.15) is 11.8 Å². The minimum atomic E-state index is -0.887. The van der Waals surface area contributed by atoms with Gasteiger partial charge in [-0.25, -0.2) is 4.98 Å². The maximum atomic E-state index is 12.8. The summed E-state index contributed by atoms with van der Waals surface area (Å²) in [5.41, 5.74) is 1.29. The van der Waals surface area contributed by atoms with Crippen LogP contribution in [0.1, 0.15) is 16.9 Å². The molecule has 1 amide bonds. The van der Waals surface area contributed by atoms with Gasteiger partial charge in [0.05, 0.1) is 19.6 Å². The molecule has 3 rings (SSSR count). The van der Waals surface area contributed by atoms with Crippen molar-refractivity contribution in [3.8, 4) is 16.3 Å². The summed E-state index contributed by atoms with van der Waals surface area (Å²) >= 11 is 3.08. The number of carbonyl (C=O) groups excluding carboxylic acids is 1. The van der Waals surface area contributed by atoms with Crippen molar-refractivity contribution >= 4 is 35.0 Å². The predicted molar refractivity (Wildman–Crippen MR) is 98.5 cm³/mol. The number of aromatic nitrogens is 1. The van der Waals surface area contributed by atoms with Crippen molar-refractivity contribution in [2.75, 3.05) is 25.2 Å². The first-order valence-electron chi connectivity index (χ1n) is 7.79. The third-order valence-corrected chi connectivity index (χ3v) is 5.94. The SMILES string of the molecule is COc1ccc(-c2nc(C(=O)N3CCSC[C@@H]3CC(=O)O)cs2)cc1. The molecule has 1 saturated heterocycles. The molecule has 0 radical (unpaired) electrons. The number of carboxylic acids is 1. The molecule has 1 atom stereocenters. The van der Waals surface area contributed by atoms with E-state index < -0.39 is 5.97 Å². The molecule has 1 aromatic carbocycles. The molecule has 0 bridgehead atoms. The summed E-state index contributed by atoms with van der Waals surface area (Å²) in [6.07, 6.45) is -0.0335. The summed E-state index contributed by atoms with van der Waals surface area (Å²) in [6, 6.07) is 7.22. The number of rotatable bonds is 5. The molecule has 1 N–H and O–H groups in total. The zero-order valence-corrected chi connectivity index (χ0v) is 15.3. The van der Waals surface area contributed by atoms with E-state index in [4.69, 9.17) is 9.84 Å². The number of amides is 1. The number of aliphatic carboxylic acids is 1. The second-order valence-corrected chi connectivity index (χ2v) is 7.60. The molecule has 1 fully saturated rings. The molecule has 2 heterocycles. The van der Waals surface area contributed by atoms with Crippen LogP contribution in [0, 0.1) is 0 Å². The highest BCUT2D eigenvalue weighted by Gasteiger charge is 2.30. The number of thiazole rings is 1. The van der Waals surface area contributed by atoms with Crippen LogP contribution >= 0.6 is 23.1 Å². The predicted octanol–water partition coefficient (Wildman–Crippen LogP) is 2.85. The Bertz CT molecular complexity index is 760. The molecule has 132 valence electrons. The van der Waals surface area contributed by atoms with Crippen LogP contribution in [-0.4, -0.2) is 58.1 Å². The Kier molecular flexibility index (Phi) is 5.60. The van der Waals surface area contributed by atoms with E-state index in [1.807, 2.05) is 24.3 Å². The van der Waals surface area contributed by atoms with Crippen LogP contribution in [0.3, 0.4) is 0 Å². The highest BCUT2D eigenvalue weighted by molar-refractivity contribution is 7.99. The van der Waals surface area contributed by atoms with Crippen molar-refractivity contribution in [2.45, 2.75) is 12.5 Å². The zero-order chi connectivity index (χ0) is 17.8. The normalized spacial score (nSPS) is 17.3. The van der Waals surface area contributed by atoms with Gasteiger partial charge >= 0.3 is 5.97 Å². The van der Waals surface area contributed by atoms with Crippen LogP contribution in [0.25, 0.3) is 10.6 Å². The minimum Gasteiger partial charge on any atom is -0.497 e. The van der Waals surface area contributed by atoms with Crippen molar-refractivity contribution in [1.29, 1.82) is 0 Å². The number of carbonyl (C=O) groups is 2. The van der Waals surface area contributed by atoms with E-state index in [1.54, 1.807) is 29.2 Å².